The Balaban J connectivity index is 0.00000144. The number of pyridine rings is 1. The van der Waals surface area contributed by atoms with Gasteiger partial charge >= 0.3 is 6.18 Å². The number of morpholine rings is 1. The zero-order chi connectivity index (χ0) is 15.6. The predicted octanol–water partition coefficient (Wildman–Crippen LogP) is 2.90. The Morgan fingerprint density at radius 2 is 1.92 bits per heavy atom. The van der Waals surface area contributed by atoms with E-state index in [9.17, 15) is 13.2 Å². The molecular formula is C15H22Cl2F3N3O. The summed E-state index contributed by atoms with van der Waals surface area (Å²) in [6, 6.07) is 2.56. The summed E-state index contributed by atoms with van der Waals surface area (Å²) >= 11 is 0. The number of piperidine rings is 1. The van der Waals surface area contributed by atoms with Crippen LogP contribution in [0.1, 0.15) is 24.1 Å². The molecule has 2 saturated heterocycles. The van der Waals surface area contributed by atoms with Crippen LogP contribution in [0.25, 0.3) is 0 Å². The number of halogens is 5. The highest BCUT2D eigenvalue weighted by Gasteiger charge is 2.37. The average molecular weight is 388 g/mol. The Morgan fingerprint density at radius 1 is 1.21 bits per heavy atom. The Hall–Kier alpha value is -0.600. The molecule has 2 aliphatic rings. The number of ether oxygens (including phenoxy) is 1. The number of nitrogens with one attached hydrogen (secondary N) is 1. The summed E-state index contributed by atoms with van der Waals surface area (Å²) in [6.45, 7) is 4.97. The van der Waals surface area contributed by atoms with Gasteiger partial charge in [-0.25, -0.2) is 0 Å². The van der Waals surface area contributed by atoms with Gasteiger partial charge in [-0.05, 0) is 24.5 Å². The standard InChI is InChI=1S/C15H20F3N3O.2ClH/c16-15(17,18)13-2-1-12(9-20-13)10-21-6-3-14(4-7-21)11-19-5-8-22-14;;/h1-2,9,19H,3-8,10-11H2;2*1H. The van der Waals surface area contributed by atoms with Crippen molar-refractivity contribution in [2.45, 2.75) is 31.2 Å². The van der Waals surface area contributed by atoms with Crippen molar-refractivity contribution in [1.29, 1.82) is 0 Å². The van der Waals surface area contributed by atoms with Gasteiger partial charge in [-0.3, -0.25) is 9.88 Å². The van der Waals surface area contributed by atoms with Crippen LogP contribution in [0, 0.1) is 0 Å². The molecule has 3 rings (SSSR count). The summed E-state index contributed by atoms with van der Waals surface area (Å²) < 4.78 is 43.4. The monoisotopic (exact) mass is 387 g/mol. The van der Waals surface area contributed by atoms with Gasteiger partial charge in [-0.1, -0.05) is 6.07 Å². The van der Waals surface area contributed by atoms with E-state index < -0.39 is 11.9 Å². The van der Waals surface area contributed by atoms with E-state index in [1.165, 1.54) is 12.3 Å². The van der Waals surface area contributed by atoms with E-state index in [4.69, 9.17) is 4.74 Å². The van der Waals surface area contributed by atoms with Crippen LogP contribution in [0.5, 0.6) is 0 Å². The van der Waals surface area contributed by atoms with Gasteiger partial charge in [-0.2, -0.15) is 13.2 Å². The molecule has 24 heavy (non-hydrogen) atoms. The maximum absolute atomic E-state index is 12.5. The molecule has 1 spiro atoms. The summed E-state index contributed by atoms with van der Waals surface area (Å²) in [5.74, 6) is 0. The number of hydrogen-bond donors (Lipinski definition) is 1. The summed E-state index contributed by atoms with van der Waals surface area (Å²) in [5, 5.41) is 3.37. The van der Waals surface area contributed by atoms with E-state index >= 15 is 0 Å². The summed E-state index contributed by atoms with van der Waals surface area (Å²) in [4.78, 5) is 5.76. The minimum Gasteiger partial charge on any atom is -0.372 e. The number of alkyl halides is 3. The molecule has 1 aromatic rings. The van der Waals surface area contributed by atoms with Crippen LogP contribution in [0.4, 0.5) is 13.2 Å². The van der Waals surface area contributed by atoms with Crippen molar-refractivity contribution in [2.24, 2.45) is 0 Å². The smallest absolute Gasteiger partial charge is 0.372 e. The fourth-order valence-corrected chi connectivity index (χ4v) is 3.09. The molecule has 2 fully saturated rings. The van der Waals surface area contributed by atoms with Crippen molar-refractivity contribution in [3.05, 3.63) is 29.6 Å². The van der Waals surface area contributed by atoms with Crippen molar-refractivity contribution in [3.8, 4) is 0 Å². The molecule has 0 amide bonds. The largest absolute Gasteiger partial charge is 0.433 e. The number of nitrogens with zero attached hydrogens (tertiary/aromatic N) is 2. The Bertz CT molecular complexity index is 498. The minimum absolute atomic E-state index is 0. The third-order valence-electron chi connectivity index (χ3n) is 4.42. The molecule has 0 aliphatic carbocycles. The molecule has 1 N–H and O–H groups in total. The van der Waals surface area contributed by atoms with Crippen LogP contribution in [-0.4, -0.2) is 48.3 Å². The van der Waals surface area contributed by atoms with Crippen molar-refractivity contribution in [2.75, 3.05) is 32.8 Å². The van der Waals surface area contributed by atoms with Gasteiger partial charge in [0.25, 0.3) is 0 Å². The van der Waals surface area contributed by atoms with Crippen LogP contribution < -0.4 is 5.32 Å². The SMILES string of the molecule is Cl.Cl.FC(F)(F)c1ccc(CN2CCC3(CC2)CNCCO3)cn1. The van der Waals surface area contributed by atoms with Crippen LogP contribution in [0.2, 0.25) is 0 Å². The molecule has 138 valence electrons. The quantitative estimate of drug-likeness (QED) is 0.846. The molecule has 1 aromatic heterocycles. The topological polar surface area (TPSA) is 37.4 Å². The second-order valence-electron chi connectivity index (χ2n) is 6.03. The van der Waals surface area contributed by atoms with Gasteiger partial charge < -0.3 is 10.1 Å². The molecule has 3 heterocycles. The van der Waals surface area contributed by atoms with Crippen LogP contribution >= 0.6 is 24.8 Å². The first-order valence-corrected chi connectivity index (χ1v) is 7.56. The molecule has 0 bridgehead atoms. The molecule has 0 unspecified atom stereocenters. The summed E-state index contributed by atoms with van der Waals surface area (Å²) in [7, 11) is 0. The zero-order valence-corrected chi connectivity index (χ0v) is 14.8. The summed E-state index contributed by atoms with van der Waals surface area (Å²) in [5.41, 5.74) is -0.0742. The van der Waals surface area contributed by atoms with Gasteiger partial charge in [0.1, 0.15) is 5.69 Å². The molecular weight excluding hydrogens is 366 g/mol. The fraction of sp³-hybridized carbons (Fsp3) is 0.667. The normalized spacial score (nSPS) is 21.0. The first-order valence-electron chi connectivity index (χ1n) is 7.56. The molecule has 0 aromatic carbocycles. The van der Waals surface area contributed by atoms with Crippen molar-refractivity contribution in [3.63, 3.8) is 0 Å². The Labute approximate surface area is 152 Å². The van der Waals surface area contributed by atoms with E-state index in [1.54, 1.807) is 0 Å². The van der Waals surface area contributed by atoms with Gasteiger partial charge in [-0.15, -0.1) is 24.8 Å². The van der Waals surface area contributed by atoms with Gasteiger partial charge in [0.2, 0.25) is 0 Å². The maximum atomic E-state index is 12.5. The average Bonchev–Trinajstić information content (AvgIpc) is 2.50. The molecule has 0 saturated carbocycles. The van der Waals surface area contributed by atoms with Gasteiger partial charge in [0.05, 0.1) is 12.2 Å². The van der Waals surface area contributed by atoms with Crippen molar-refractivity contribution < 1.29 is 17.9 Å². The highest BCUT2D eigenvalue weighted by Crippen LogP contribution is 2.29. The molecule has 9 heteroatoms. The fourth-order valence-electron chi connectivity index (χ4n) is 3.09. The lowest BCUT2D eigenvalue weighted by Gasteiger charge is -2.44. The molecule has 4 nitrogen and oxygen atoms in total. The van der Waals surface area contributed by atoms with Crippen LogP contribution in [-0.2, 0) is 17.5 Å². The van der Waals surface area contributed by atoms with E-state index in [0.717, 1.165) is 57.3 Å². The number of aromatic nitrogens is 1. The minimum atomic E-state index is -4.37. The summed E-state index contributed by atoms with van der Waals surface area (Å²) in [6.07, 6.45) is -1.14. The van der Waals surface area contributed by atoms with Crippen LogP contribution in [0.3, 0.4) is 0 Å². The molecule has 2 aliphatic heterocycles. The third-order valence-corrected chi connectivity index (χ3v) is 4.42. The Kier molecular flexibility index (Phi) is 7.75. The molecule has 0 radical (unpaired) electrons. The van der Waals surface area contributed by atoms with E-state index in [0.29, 0.717) is 6.54 Å². The van der Waals surface area contributed by atoms with Crippen LogP contribution in [0.15, 0.2) is 18.3 Å². The Morgan fingerprint density at radius 3 is 2.42 bits per heavy atom. The van der Waals surface area contributed by atoms with Gasteiger partial charge in [0.15, 0.2) is 0 Å². The predicted molar refractivity (Wildman–Crippen MR) is 89.8 cm³/mol. The molecule has 0 atom stereocenters. The highest BCUT2D eigenvalue weighted by molar-refractivity contribution is 5.85. The van der Waals surface area contributed by atoms with Crippen molar-refractivity contribution in [1.82, 2.24) is 15.2 Å². The maximum Gasteiger partial charge on any atom is 0.433 e. The zero-order valence-electron chi connectivity index (χ0n) is 13.1. The number of likely N-dealkylation sites (tertiary alicyclic amines) is 1. The number of hydrogen-bond acceptors (Lipinski definition) is 4. The first kappa shape index (κ1) is 21.4. The lowest BCUT2D eigenvalue weighted by molar-refractivity contribution is -0.141. The van der Waals surface area contributed by atoms with Gasteiger partial charge in [0, 0.05) is 38.9 Å². The van der Waals surface area contributed by atoms with E-state index in [1.807, 2.05) is 0 Å². The van der Waals surface area contributed by atoms with Crippen molar-refractivity contribution >= 4 is 24.8 Å². The first-order chi connectivity index (χ1) is 10.5. The number of rotatable bonds is 2. The second kappa shape index (κ2) is 8.67. The lowest BCUT2D eigenvalue weighted by Crippen LogP contribution is -2.55. The second-order valence-corrected chi connectivity index (χ2v) is 6.03. The van der Waals surface area contributed by atoms with E-state index in [2.05, 4.69) is 15.2 Å². The highest BCUT2D eigenvalue weighted by atomic mass is 35.5. The lowest BCUT2D eigenvalue weighted by atomic mass is 9.90. The third kappa shape index (κ3) is 5.20. The van der Waals surface area contributed by atoms with E-state index in [-0.39, 0.29) is 30.4 Å².